The number of aromatic nitrogens is 2. The van der Waals surface area contributed by atoms with Crippen molar-refractivity contribution in [3.05, 3.63) is 36.0 Å². The van der Waals surface area contributed by atoms with Crippen LogP contribution in [0.2, 0.25) is 0 Å². The summed E-state index contributed by atoms with van der Waals surface area (Å²) >= 11 is 0. The summed E-state index contributed by atoms with van der Waals surface area (Å²) in [5, 5.41) is 5.49. The first-order valence-corrected chi connectivity index (χ1v) is 22.4. The van der Waals surface area contributed by atoms with Gasteiger partial charge in [0.1, 0.15) is 35.1 Å². The molecule has 3 fully saturated rings. The maximum Gasteiger partial charge on any atom is 0.438 e. The Morgan fingerprint density at radius 2 is 1.79 bits per heavy atom. The predicted octanol–water partition coefficient (Wildman–Crippen LogP) is 5.95. The Kier molecular flexibility index (Phi) is 12.7. The fourth-order valence-electron chi connectivity index (χ4n) is 8.04. The number of amides is 4. The highest BCUT2D eigenvalue weighted by molar-refractivity contribution is 7.91. The first kappa shape index (κ1) is 45.8. The molecule has 3 N–H and O–H groups in total. The van der Waals surface area contributed by atoms with Crippen molar-refractivity contribution in [2.75, 3.05) is 6.54 Å². The van der Waals surface area contributed by atoms with Gasteiger partial charge in [0, 0.05) is 18.4 Å². The Morgan fingerprint density at radius 3 is 2.41 bits per heavy atom. The molecule has 19 heteroatoms. The standard InChI is InChI=1S/C42H57F3N6O9S/c1-9-25-18-24(4)12-10-11-13-26-21-41(26,37(54)50-61(56,57)40(8)16-17-40)49-34(52)31-20-28(22-51(31)36(53)32(25)48-38(55)60-39(5,6)7)59-35-33(42(43,44)45)46-29-15-14-27(58-23(2)3)19-30(29)47-35/h11,13-15,19,23-26,28,31-32H,9-10,12,16-18,20-22H2,1-8H3,(H,48,55)(H,49,52)(H,50,54)/b13-11-/t24-,25-,26?,28-,31+,32+,41-/m1/s1. The van der Waals surface area contributed by atoms with Crippen molar-refractivity contribution < 1.29 is 55.0 Å². The Balaban J connectivity index is 1.40. The number of hydrogen-bond acceptors (Lipinski definition) is 11. The van der Waals surface area contributed by atoms with Gasteiger partial charge in [-0.25, -0.2) is 23.2 Å². The third-order valence-electron chi connectivity index (χ3n) is 11.8. The summed E-state index contributed by atoms with van der Waals surface area (Å²) in [5.74, 6) is -4.05. The number of hydrogen-bond donors (Lipinski definition) is 3. The highest BCUT2D eigenvalue weighted by Gasteiger charge is 2.63. The fraction of sp³-hybridized carbons (Fsp3) is 0.667. The Morgan fingerprint density at radius 1 is 1.08 bits per heavy atom. The van der Waals surface area contributed by atoms with Crippen LogP contribution in [0, 0.1) is 17.8 Å². The number of fused-ring (bicyclic) bond motifs is 3. The number of benzene rings is 1. The zero-order chi connectivity index (χ0) is 44.9. The summed E-state index contributed by atoms with van der Waals surface area (Å²) in [6.45, 7) is 13.5. The van der Waals surface area contributed by atoms with Gasteiger partial charge in [-0.15, -0.1) is 0 Å². The second-order valence-electron chi connectivity index (χ2n) is 18.5. The first-order chi connectivity index (χ1) is 28.3. The molecule has 2 saturated carbocycles. The molecule has 4 aliphatic rings. The second-order valence-corrected chi connectivity index (χ2v) is 20.7. The van der Waals surface area contributed by atoms with Gasteiger partial charge in [0.15, 0.2) is 0 Å². The van der Waals surface area contributed by atoms with Gasteiger partial charge in [-0.3, -0.25) is 19.1 Å². The van der Waals surface area contributed by atoms with E-state index < -0.39 is 104 Å². The van der Waals surface area contributed by atoms with E-state index in [2.05, 4.69) is 25.3 Å². The van der Waals surface area contributed by atoms with Crippen LogP contribution in [0.4, 0.5) is 18.0 Å². The van der Waals surface area contributed by atoms with E-state index in [0.717, 1.165) is 4.90 Å². The number of allylic oxidation sites excluding steroid dienone is 1. The molecule has 61 heavy (non-hydrogen) atoms. The van der Waals surface area contributed by atoms with Crippen LogP contribution in [-0.4, -0.2) is 93.8 Å². The Bertz CT molecular complexity index is 2170. The number of ether oxygens (including phenoxy) is 3. The van der Waals surface area contributed by atoms with E-state index in [-0.39, 0.29) is 35.9 Å². The van der Waals surface area contributed by atoms with Crippen LogP contribution in [0.25, 0.3) is 11.0 Å². The molecule has 336 valence electrons. The Labute approximate surface area is 354 Å². The van der Waals surface area contributed by atoms with Crippen molar-refractivity contribution in [2.24, 2.45) is 17.8 Å². The molecule has 1 saturated heterocycles. The number of halogens is 3. The minimum Gasteiger partial charge on any atom is -0.491 e. The van der Waals surface area contributed by atoms with Crippen LogP contribution in [0.1, 0.15) is 112 Å². The number of alkyl halides is 3. The van der Waals surface area contributed by atoms with E-state index in [1.54, 1.807) is 40.7 Å². The van der Waals surface area contributed by atoms with Gasteiger partial charge < -0.3 is 29.7 Å². The minimum absolute atomic E-state index is 0.0380. The van der Waals surface area contributed by atoms with Gasteiger partial charge in [0.2, 0.25) is 33.4 Å². The molecule has 0 radical (unpaired) electrons. The number of sulfonamides is 1. The third-order valence-corrected chi connectivity index (χ3v) is 14.0. The van der Waals surface area contributed by atoms with Crippen molar-refractivity contribution >= 4 is 44.9 Å². The number of rotatable bonds is 9. The topological polar surface area (TPSA) is 195 Å². The van der Waals surface area contributed by atoms with Crippen molar-refractivity contribution in [1.82, 2.24) is 30.2 Å². The lowest BCUT2D eigenvalue weighted by molar-refractivity contribution is -0.143. The Hall–Kier alpha value is -4.68. The zero-order valence-electron chi connectivity index (χ0n) is 35.9. The van der Waals surface area contributed by atoms with Crippen molar-refractivity contribution in [1.29, 1.82) is 0 Å². The summed E-state index contributed by atoms with van der Waals surface area (Å²) in [5.41, 5.74) is -4.08. The predicted molar refractivity (Wildman–Crippen MR) is 218 cm³/mol. The summed E-state index contributed by atoms with van der Waals surface area (Å²) in [7, 11) is -4.11. The monoisotopic (exact) mass is 878 g/mol. The molecular formula is C42H57F3N6O9S. The zero-order valence-corrected chi connectivity index (χ0v) is 36.7. The maximum atomic E-state index is 14.9. The highest BCUT2D eigenvalue weighted by atomic mass is 32.2. The average molecular weight is 879 g/mol. The summed E-state index contributed by atoms with van der Waals surface area (Å²) < 4.78 is 88.5. The molecule has 2 aliphatic heterocycles. The van der Waals surface area contributed by atoms with Crippen LogP contribution in [0.3, 0.4) is 0 Å². The van der Waals surface area contributed by atoms with Gasteiger partial charge in [0.05, 0.1) is 28.4 Å². The van der Waals surface area contributed by atoms with Crippen molar-refractivity contribution in [3.63, 3.8) is 0 Å². The lowest BCUT2D eigenvalue weighted by Gasteiger charge is -2.34. The quantitative estimate of drug-likeness (QED) is 0.252. The third kappa shape index (κ3) is 10.3. The van der Waals surface area contributed by atoms with Gasteiger partial charge in [0.25, 0.3) is 5.91 Å². The highest BCUT2D eigenvalue weighted by Crippen LogP contribution is 2.48. The van der Waals surface area contributed by atoms with Crippen LogP contribution in [0.5, 0.6) is 11.6 Å². The van der Waals surface area contributed by atoms with E-state index in [0.29, 0.717) is 44.3 Å². The molecule has 0 bridgehead atoms. The van der Waals surface area contributed by atoms with Gasteiger partial charge in [-0.05, 0) is 104 Å². The van der Waals surface area contributed by atoms with Crippen LogP contribution < -0.4 is 24.8 Å². The largest absolute Gasteiger partial charge is 0.491 e. The molecule has 4 amide bonds. The lowest BCUT2D eigenvalue weighted by Crippen LogP contribution is -2.59. The van der Waals surface area contributed by atoms with Crippen LogP contribution in [0.15, 0.2) is 30.4 Å². The molecule has 2 aromatic rings. The van der Waals surface area contributed by atoms with Gasteiger partial charge in [-0.1, -0.05) is 32.4 Å². The molecule has 7 atom stereocenters. The SMILES string of the molecule is CC[C@@H]1C[C@H](C)CC/C=C\C2C[C@@]2(C(=O)NS(=O)(=O)C2(C)CC2)NC(=O)[C@@H]2C[C@@H](Oc3nc4cc(OC(C)C)ccc4nc3C(F)(F)F)CN2C(=O)[C@H]1NC(=O)OC(C)(C)C. The van der Waals surface area contributed by atoms with E-state index in [9.17, 15) is 40.8 Å². The normalized spacial score (nSPS) is 28.7. The van der Waals surface area contributed by atoms with E-state index in [1.807, 2.05) is 19.9 Å². The molecule has 2 aliphatic carbocycles. The summed E-state index contributed by atoms with van der Waals surface area (Å²) in [4.78, 5) is 66.0. The van der Waals surface area contributed by atoms with E-state index >= 15 is 0 Å². The summed E-state index contributed by atoms with van der Waals surface area (Å²) in [6.07, 6.45) is -1.14. The van der Waals surface area contributed by atoms with Gasteiger partial charge in [-0.2, -0.15) is 13.2 Å². The summed E-state index contributed by atoms with van der Waals surface area (Å²) in [6, 6.07) is 1.57. The van der Waals surface area contributed by atoms with Gasteiger partial charge >= 0.3 is 12.3 Å². The molecule has 0 spiro atoms. The van der Waals surface area contributed by atoms with E-state index in [4.69, 9.17) is 14.2 Å². The number of carbonyl (C=O) groups is 4. The molecular weight excluding hydrogens is 822 g/mol. The molecule has 6 rings (SSSR count). The molecule has 1 aromatic carbocycles. The smallest absolute Gasteiger partial charge is 0.438 e. The van der Waals surface area contributed by atoms with Crippen LogP contribution >= 0.6 is 0 Å². The van der Waals surface area contributed by atoms with E-state index in [1.165, 1.54) is 25.1 Å². The molecule has 1 unspecified atom stereocenters. The second kappa shape index (κ2) is 16.9. The number of alkyl carbamates (subject to hydrolysis) is 1. The molecule has 1 aromatic heterocycles. The first-order valence-electron chi connectivity index (χ1n) is 20.9. The molecule has 15 nitrogen and oxygen atoms in total. The van der Waals surface area contributed by atoms with Crippen molar-refractivity contribution in [2.45, 2.75) is 153 Å². The number of nitrogens with zero attached hydrogens (tertiary/aromatic N) is 3. The lowest BCUT2D eigenvalue weighted by atomic mass is 9.85. The average Bonchev–Trinajstić information content (AvgIpc) is 4.02. The molecule has 3 heterocycles. The number of nitrogens with one attached hydrogen (secondary N) is 3. The fourth-order valence-corrected chi connectivity index (χ4v) is 9.35. The van der Waals surface area contributed by atoms with Crippen LogP contribution in [-0.2, 0) is 35.3 Å². The minimum atomic E-state index is -5.01. The van der Waals surface area contributed by atoms with Crippen molar-refractivity contribution in [3.8, 4) is 11.6 Å². The maximum absolute atomic E-state index is 14.9. The number of carbonyl (C=O) groups excluding carboxylic acids is 4.